The minimum absolute atomic E-state index is 0. The van der Waals surface area contributed by atoms with Crippen molar-refractivity contribution < 1.29 is 4.79 Å². The number of nitrogens with zero attached hydrogens (tertiary/aromatic N) is 2. The fourth-order valence-electron chi connectivity index (χ4n) is 4.29. The lowest BCUT2D eigenvalue weighted by atomic mass is 10.1. The molecule has 2 aromatic carbocycles. The van der Waals surface area contributed by atoms with Crippen molar-refractivity contribution >= 4 is 41.5 Å². The van der Waals surface area contributed by atoms with E-state index < -0.39 is 0 Å². The molecule has 1 unspecified atom stereocenters. The first kappa shape index (κ1) is 23.0. The molecular weight excluding hydrogens is 414 g/mol. The van der Waals surface area contributed by atoms with E-state index in [4.69, 9.17) is 0 Å². The number of carbonyl (C=O) groups is 1. The lowest BCUT2D eigenvalue weighted by Crippen LogP contribution is -2.45. The number of hydrogen-bond donors (Lipinski definition) is 1. The van der Waals surface area contributed by atoms with Crippen LogP contribution in [0.4, 0.5) is 11.4 Å². The van der Waals surface area contributed by atoms with Crippen LogP contribution in [0.1, 0.15) is 50.4 Å². The van der Waals surface area contributed by atoms with Crippen LogP contribution in [0.5, 0.6) is 0 Å². The van der Waals surface area contributed by atoms with Crippen LogP contribution in [0.3, 0.4) is 0 Å². The number of para-hydroxylation sites is 1. The van der Waals surface area contributed by atoms with E-state index in [0.29, 0.717) is 18.6 Å². The van der Waals surface area contributed by atoms with Crippen LogP contribution in [0.2, 0.25) is 0 Å². The van der Waals surface area contributed by atoms with Gasteiger partial charge in [0, 0.05) is 35.0 Å². The van der Waals surface area contributed by atoms with Crippen LogP contribution in [0, 0.1) is 5.92 Å². The fourth-order valence-corrected chi connectivity index (χ4v) is 5.34. The van der Waals surface area contributed by atoms with Gasteiger partial charge in [0.25, 0.3) is 5.91 Å². The number of likely N-dealkylation sites (tertiary alicyclic amines) is 1. The van der Waals surface area contributed by atoms with Gasteiger partial charge >= 0.3 is 0 Å². The Morgan fingerprint density at radius 2 is 1.77 bits per heavy atom. The van der Waals surface area contributed by atoms with E-state index in [1.54, 1.807) is 11.8 Å². The van der Waals surface area contributed by atoms with Gasteiger partial charge in [0.15, 0.2) is 0 Å². The molecule has 30 heavy (non-hydrogen) atoms. The van der Waals surface area contributed by atoms with Crippen LogP contribution in [-0.2, 0) is 0 Å². The minimum atomic E-state index is 0. The normalized spacial score (nSPS) is 16.6. The lowest BCUT2D eigenvalue weighted by Gasteiger charge is -2.42. The smallest absolute Gasteiger partial charge is 0.251 e. The van der Waals surface area contributed by atoms with Crippen molar-refractivity contribution in [2.24, 2.45) is 5.92 Å². The summed E-state index contributed by atoms with van der Waals surface area (Å²) in [5.74, 6) is 0.453. The second-order valence-electron chi connectivity index (χ2n) is 8.36. The summed E-state index contributed by atoms with van der Waals surface area (Å²) in [6.45, 7) is 9.49. The Morgan fingerprint density at radius 1 is 1.07 bits per heavy atom. The topological polar surface area (TPSA) is 35.6 Å². The third kappa shape index (κ3) is 4.63. The Labute approximate surface area is 190 Å². The number of amides is 1. The van der Waals surface area contributed by atoms with E-state index >= 15 is 0 Å². The van der Waals surface area contributed by atoms with E-state index in [9.17, 15) is 4.79 Å². The molecule has 2 aliphatic heterocycles. The summed E-state index contributed by atoms with van der Waals surface area (Å²) in [5.41, 5.74) is 3.15. The van der Waals surface area contributed by atoms with Crippen LogP contribution in [0.15, 0.2) is 52.3 Å². The molecule has 6 heteroatoms. The second kappa shape index (κ2) is 10.1. The van der Waals surface area contributed by atoms with Gasteiger partial charge in [-0.15, -0.1) is 12.4 Å². The third-order valence-corrected chi connectivity index (χ3v) is 6.85. The van der Waals surface area contributed by atoms with Crippen molar-refractivity contribution in [3.8, 4) is 0 Å². The Balaban J connectivity index is 0.00000256. The second-order valence-corrected chi connectivity index (χ2v) is 9.44. The Bertz CT molecular complexity index is 883. The molecule has 0 spiro atoms. The van der Waals surface area contributed by atoms with Crippen molar-refractivity contribution in [1.82, 2.24) is 10.2 Å². The first-order valence-electron chi connectivity index (χ1n) is 10.8. The monoisotopic (exact) mass is 445 g/mol. The number of nitrogens with one attached hydrogen (secondary N) is 1. The van der Waals surface area contributed by atoms with E-state index in [1.807, 2.05) is 6.07 Å². The molecule has 4 nitrogen and oxygen atoms in total. The molecule has 0 radical (unpaired) electrons. The van der Waals surface area contributed by atoms with E-state index in [2.05, 4.69) is 72.3 Å². The van der Waals surface area contributed by atoms with Gasteiger partial charge in [-0.25, -0.2) is 0 Å². The molecule has 0 saturated carbocycles. The number of fused-ring (bicyclic) bond motifs is 2. The van der Waals surface area contributed by atoms with Crippen molar-refractivity contribution in [2.45, 2.75) is 56.0 Å². The van der Waals surface area contributed by atoms with E-state index in [0.717, 1.165) is 30.8 Å². The average molecular weight is 446 g/mol. The number of halogens is 1. The third-order valence-electron chi connectivity index (χ3n) is 5.72. The lowest BCUT2D eigenvalue weighted by molar-refractivity contribution is 0.0949. The van der Waals surface area contributed by atoms with Crippen molar-refractivity contribution in [2.75, 3.05) is 24.5 Å². The molecule has 4 rings (SSSR count). The van der Waals surface area contributed by atoms with E-state index in [1.165, 1.54) is 28.3 Å². The zero-order chi connectivity index (χ0) is 20.4. The first-order chi connectivity index (χ1) is 14.1. The number of carbonyl (C=O) groups excluding carboxylic acids is 1. The zero-order valence-corrected chi connectivity index (χ0v) is 19.7. The van der Waals surface area contributed by atoms with Crippen LogP contribution in [0.25, 0.3) is 0 Å². The first-order valence-corrected chi connectivity index (χ1v) is 11.6. The zero-order valence-electron chi connectivity index (χ0n) is 18.1. The molecule has 162 valence electrons. The van der Waals surface area contributed by atoms with Gasteiger partial charge in [0.2, 0.25) is 0 Å². The van der Waals surface area contributed by atoms with Gasteiger partial charge in [-0.2, -0.15) is 0 Å². The Kier molecular flexibility index (Phi) is 7.72. The summed E-state index contributed by atoms with van der Waals surface area (Å²) < 4.78 is 0. The van der Waals surface area contributed by atoms with Gasteiger partial charge < -0.3 is 10.2 Å². The van der Waals surface area contributed by atoms with Gasteiger partial charge in [-0.1, -0.05) is 44.7 Å². The predicted molar refractivity (Wildman–Crippen MR) is 128 cm³/mol. The molecule has 2 aliphatic rings. The highest BCUT2D eigenvalue weighted by molar-refractivity contribution is 7.99. The molecular formula is C24H32ClN3OS. The molecule has 2 heterocycles. The number of rotatable bonds is 6. The molecule has 1 saturated heterocycles. The molecule has 2 aromatic rings. The standard InChI is InChI=1S/C24H31N3OS.ClH/c1-4-23(26-13-7-8-14-26)27-19-9-5-6-10-21(19)29-22-12-11-18(15-20(22)27)24(28)25-16-17(2)3;/h5-6,9-12,15,17,23H,4,7-8,13-14,16H2,1-3H3,(H,25,28);1H. The molecule has 0 aromatic heterocycles. The Hall–Kier alpha value is -1.69. The van der Waals surface area contributed by atoms with Crippen molar-refractivity contribution in [3.05, 3.63) is 48.0 Å². The maximum absolute atomic E-state index is 12.7. The maximum Gasteiger partial charge on any atom is 0.251 e. The highest BCUT2D eigenvalue weighted by Crippen LogP contribution is 2.50. The average Bonchev–Trinajstić information content (AvgIpc) is 3.26. The predicted octanol–water partition coefficient (Wildman–Crippen LogP) is 5.93. The quantitative estimate of drug-likeness (QED) is 0.597. The van der Waals surface area contributed by atoms with Crippen LogP contribution in [-0.4, -0.2) is 36.6 Å². The molecule has 0 aliphatic carbocycles. The summed E-state index contributed by atoms with van der Waals surface area (Å²) in [5, 5.41) is 3.06. The number of hydrogen-bond acceptors (Lipinski definition) is 4. The van der Waals surface area contributed by atoms with Gasteiger partial charge in [0.05, 0.1) is 17.5 Å². The summed E-state index contributed by atoms with van der Waals surface area (Å²) in [6.07, 6.45) is 3.89. The highest BCUT2D eigenvalue weighted by Gasteiger charge is 2.33. The molecule has 0 bridgehead atoms. The van der Waals surface area contributed by atoms with Crippen LogP contribution >= 0.6 is 24.2 Å². The van der Waals surface area contributed by atoms with Gasteiger partial charge in [-0.3, -0.25) is 9.69 Å². The molecule has 1 amide bonds. The summed E-state index contributed by atoms with van der Waals surface area (Å²) >= 11 is 1.80. The summed E-state index contributed by atoms with van der Waals surface area (Å²) in [6, 6.07) is 14.8. The van der Waals surface area contributed by atoms with Gasteiger partial charge in [0.1, 0.15) is 0 Å². The number of benzene rings is 2. The van der Waals surface area contributed by atoms with Crippen molar-refractivity contribution in [3.63, 3.8) is 0 Å². The highest BCUT2D eigenvalue weighted by atomic mass is 35.5. The molecule has 1 N–H and O–H groups in total. The van der Waals surface area contributed by atoms with Gasteiger partial charge in [-0.05, 0) is 55.5 Å². The summed E-state index contributed by atoms with van der Waals surface area (Å²) in [7, 11) is 0. The summed E-state index contributed by atoms with van der Waals surface area (Å²) in [4.78, 5) is 20.3. The largest absolute Gasteiger partial charge is 0.352 e. The number of anilines is 2. The van der Waals surface area contributed by atoms with E-state index in [-0.39, 0.29) is 18.3 Å². The molecule has 1 atom stereocenters. The van der Waals surface area contributed by atoms with Crippen molar-refractivity contribution in [1.29, 1.82) is 0 Å². The molecule has 1 fully saturated rings. The maximum atomic E-state index is 12.7. The van der Waals surface area contributed by atoms with Crippen LogP contribution < -0.4 is 10.2 Å². The minimum Gasteiger partial charge on any atom is -0.352 e. The fraction of sp³-hybridized carbons (Fsp3) is 0.458. The Morgan fingerprint density at radius 3 is 2.47 bits per heavy atom. The SMILES string of the molecule is CCC(N1CCCC1)N1c2ccccc2Sc2ccc(C(=O)NCC(C)C)cc21.Cl.